The van der Waals surface area contributed by atoms with E-state index >= 15 is 0 Å². The van der Waals surface area contributed by atoms with E-state index in [4.69, 9.17) is 5.73 Å². The molecule has 0 spiro atoms. The van der Waals surface area contributed by atoms with Gasteiger partial charge in [0.1, 0.15) is 0 Å². The van der Waals surface area contributed by atoms with Gasteiger partial charge in [0.15, 0.2) is 0 Å². The highest BCUT2D eigenvalue weighted by molar-refractivity contribution is 5.13. The molecule has 2 fully saturated rings. The van der Waals surface area contributed by atoms with Gasteiger partial charge in [-0.2, -0.15) is 0 Å². The van der Waals surface area contributed by atoms with Crippen LogP contribution in [-0.2, 0) is 0 Å². The quantitative estimate of drug-likeness (QED) is 0.767. The molecule has 3 unspecified atom stereocenters. The normalized spacial score (nSPS) is 36.5. The summed E-state index contributed by atoms with van der Waals surface area (Å²) in [4.78, 5) is 8.35. The summed E-state index contributed by atoms with van der Waals surface area (Å²) >= 11 is 0. The molecule has 0 radical (unpaired) electrons. The molecule has 0 amide bonds. The minimum atomic E-state index is 0.124. The number of hydrogen-bond acceptors (Lipinski definition) is 3. The molecule has 2 aliphatic carbocycles. The average Bonchev–Trinajstić information content (AvgIpc) is 2.72. The first-order valence-corrected chi connectivity index (χ1v) is 5.39. The zero-order chi connectivity index (χ0) is 9.54. The highest BCUT2D eigenvalue weighted by Gasteiger charge is 2.55. The molecule has 0 bridgehead atoms. The number of aromatic nitrogens is 2. The van der Waals surface area contributed by atoms with E-state index in [9.17, 15) is 0 Å². The Morgan fingerprint density at radius 1 is 1.29 bits per heavy atom. The molecule has 2 N–H and O–H groups in total. The van der Waals surface area contributed by atoms with Crippen LogP contribution < -0.4 is 5.73 Å². The number of nitrogens with two attached hydrogens (primary N) is 1. The first-order valence-electron chi connectivity index (χ1n) is 5.39. The van der Waals surface area contributed by atoms with Crippen LogP contribution in [0.15, 0.2) is 18.6 Å². The third-order valence-corrected chi connectivity index (χ3v) is 3.81. The standard InChI is InChI=1S/C11H15N3/c12-11(9-6-13-4-5-14-9)10-7-2-1-3-8(7)10/h4-8,10-11H,1-3,12H2. The maximum absolute atomic E-state index is 6.19. The van der Waals surface area contributed by atoms with E-state index in [0.717, 1.165) is 17.5 Å². The molecule has 3 nitrogen and oxygen atoms in total. The van der Waals surface area contributed by atoms with Crippen molar-refractivity contribution in [2.75, 3.05) is 0 Å². The first-order chi connectivity index (χ1) is 6.88. The lowest BCUT2D eigenvalue weighted by atomic mass is 10.0. The van der Waals surface area contributed by atoms with Crippen LogP contribution in [-0.4, -0.2) is 9.97 Å². The third kappa shape index (κ3) is 1.16. The summed E-state index contributed by atoms with van der Waals surface area (Å²) in [6.45, 7) is 0. The van der Waals surface area contributed by atoms with Crippen LogP contribution in [0.25, 0.3) is 0 Å². The van der Waals surface area contributed by atoms with Crippen LogP contribution in [0, 0.1) is 17.8 Å². The van der Waals surface area contributed by atoms with E-state index in [1.54, 1.807) is 18.6 Å². The largest absolute Gasteiger partial charge is 0.322 e. The second-order valence-corrected chi connectivity index (χ2v) is 4.49. The first kappa shape index (κ1) is 8.36. The van der Waals surface area contributed by atoms with E-state index < -0.39 is 0 Å². The predicted octanol–water partition coefficient (Wildman–Crippen LogP) is 1.52. The number of hydrogen-bond donors (Lipinski definition) is 1. The molecule has 2 saturated carbocycles. The van der Waals surface area contributed by atoms with Crippen LogP contribution in [0.2, 0.25) is 0 Å². The molecule has 14 heavy (non-hydrogen) atoms. The van der Waals surface area contributed by atoms with Crippen LogP contribution in [0.4, 0.5) is 0 Å². The molecular weight excluding hydrogens is 174 g/mol. The Balaban J connectivity index is 1.75. The molecule has 0 aromatic carbocycles. The summed E-state index contributed by atoms with van der Waals surface area (Å²) < 4.78 is 0. The van der Waals surface area contributed by atoms with Gasteiger partial charge in [-0.25, -0.2) is 0 Å². The molecule has 3 rings (SSSR count). The van der Waals surface area contributed by atoms with Crippen molar-refractivity contribution < 1.29 is 0 Å². The van der Waals surface area contributed by atoms with Crippen LogP contribution in [0.3, 0.4) is 0 Å². The van der Waals surface area contributed by atoms with Gasteiger partial charge >= 0.3 is 0 Å². The zero-order valence-corrected chi connectivity index (χ0v) is 8.13. The maximum atomic E-state index is 6.19. The second-order valence-electron chi connectivity index (χ2n) is 4.49. The molecule has 3 heteroatoms. The number of rotatable bonds is 2. The molecule has 3 atom stereocenters. The fourth-order valence-electron chi connectivity index (χ4n) is 3.09. The number of fused-ring (bicyclic) bond motifs is 1. The fraction of sp³-hybridized carbons (Fsp3) is 0.636. The summed E-state index contributed by atoms with van der Waals surface area (Å²) in [5, 5.41) is 0. The van der Waals surface area contributed by atoms with Gasteiger partial charge in [0.2, 0.25) is 0 Å². The topological polar surface area (TPSA) is 51.8 Å². The monoisotopic (exact) mass is 189 g/mol. The molecule has 2 aliphatic rings. The average molecular weight is 189 g/mol. The van der Waals surface area contributed by atoms with Crippen molar-refractivity contribution in [2.24, 2.45) is 23.5 Å². The highest BCUT2D eigenvalue weighted by atomic mass is 14.9. The molecular formula is C11H15N3. The zero-order valence-electron chi connectivity index (χ0n) is 8.13. The Morgan fingerprint density at radius 3 is 2.71 bits per heavy atom. The molecule has 1 aromatic heterocycles. The van der Waals surface area contributed by atoms with Crippen molar-refractivity contribution in [1.29, 1.82) is 0 Å². The summed E-state index contributed by atoms with van der Waals surface area (Å²) in [7, 11) is 0. The minimum Gasteiger partial charge on any atom is -0.322 e. The van der Waals surface area contributed by atoms with Crippen molar-refractivity contribution in [2.45, 2.75) is 25.3 Å². The smallest absolute Gasteiger partial charge is 0.0756 e. The van der Waals surface area contributed by atoms with Crippen molar-refractivity contribution in [3.63, 3.8) is 0 Å². The Labute approximate surface area is 83.8 Å². The van der Waals surface area contributed by atoms with E-state index in [0.29, 0.717) is 5.92 Å². The molecule has 0 saturated heterocycles. The van der Waals surface area contributed by atoms with E-state index in [2.05, 4.69) is 9.97 Å². The SMILES string of the molecule is NC(c1cnccn1)C1C2CCCC21. The molecule has 1 heterocycles. The predicted molar refractivity (Wildman–Crippen MR) is 53.3 cm³/mol. The summed E-state index contributed by atoms with van der Waals surface area (Å²) in [5.74, 6) is 2.49. The van der Waals surface area contributed by atoms with Gasteiger partial charge < -0.3 is 5.73 Å². The molecule has 0 aliphatic heterocycles. The van der Waals surface area contributed by atoms with Gasteiger partial charge in [0.05, 0.1) is 11.7 Å². The van der Waals surface area contributed by atoms with Crippen molar-refractivity contribution >= 4 is 0 Å². The second kappa shape index (κ2) is 3.02. The van der Waals surface area contributed by atoms with Crippen molar-refractivity contribution in [3.8, 4) is 0 Å². The van der Waals surface area contributed by atoms with Crippen LogP contribution in [0.1, 0.15) is 31.0 Å². The Hall–Kier alpha value is -0.960. The van der Waals surface area contributed by atoms with Gasteiger partial charge in [-0.05, 0) is 30.6 Å². The lowest BCUT2D eigenvalue weighted by molar-refractivity contribution is 0.492. The van der Waals surface area contributed by atoms with Crippen molar-refractivity contribution in [3.05, 3.63) is 24.3 Å². The highest BCUT2D eigenvalue weighted by Crippen LogP contribution is 2.61. The van der Waals surface area contributed by atoms with E-state index in [1.165, 1.54) is 19.3 Å². The van der Waals surface area contributed by atoms with Gasteiger partial charge in [0.25, 0.3) is 0 Å². The van der Waals surface area contributed by atoms with Gasteiger partial charge in [-0.3, -0.25) is 9.97 Å². The van der Waals surface area contributed by atoms with Crippen molar-refractivity contribution in [1.82, 2.24) is 9.97 Å². The Morgan fingerprint density at radius 2 is 2.07 bits per heavy atom. The fourth-order valence-corrected chi connectivity index (χ4v) is 3.09. The summed E-state index contributed by atoms with van der Waals surface area (Å²) in [6.07, 6.45) is 9.39. The summed E-state index contributed by atoms with van der Waals surface area (Å²) in [6, 6.07) is 0.124. The van der Waals surface area contributed by atoms with Crippen LogP contribution in [0.5, 0.6) is 0 Å². The Kier molecular flexibility index (Phi) is 1.80. The minimum absolute atomic E-state index is 0.124. The van der Waals surface area contributed by atoms with E-state index in [-0.39, 0.29) is 6.04 Å². The molecule has 74 valence electrons. The summed E-state index contributed by atoms with van der Waals surface area (Å²) in [5.41, 5.74) is 7.15. The van der Waals surface area contributed by atoms with Gasteiger partial charge in [-0.15, -0.1) is 0 Å². The lowest BCUT2D eigenvalue weighted by Crippen LogP contribution is -2.17. The Bertz CT molecular complexity index is 315. The lowest BCUT2D eigenvalue weighted by Gasteiger charge is -2.11. The van der Waals surface area contributed by atoms with Gasteiger partial charge in [-0.1, -0.05) is 6.42 Å². The van der Waals surface area contributed by atoms with E-state index in [1.807, 2.05) is 0 Å². The molecule has 1 aromatic rings. The van der Waals surface area contributed by atoms with Crippen LogP contribution >= 0.6 is 0 Å². The van der Waals surface area contributed by atoms with Gasteiger partial charge in [0, 0.05) is 18.6 Å². The third-order valence-electron chi connectivity index (χ3n) is 3.81. The maximum Gasteiger partial charge on any atom is 0.0756 e. The number of nitrogens with zero attached hydrogens (tertiary/aromatic N) is 2.